The molecule has 15 heavy (non-hydrogen) atoms. The first-order chi connectivity index (χ1) is 7.34. The molecule has 1 fully saturated rings. The first-order valence-corrected chi connectivity index (χ1v) is 4.82. The summed E-state index contributed by atoms with van der Waals surface area (Å²) in [5, 5.41) is 0.326. The summed E-state index contributed by atoms with van der Waals surface area (Å²) in [5.41, 5.74) is 1.14. The molecular weight excluding hydrogens is 220 g/mol. The maximum Gasteiger partial charge on any atom is 0.219 e. The van der Waals surface area contributed by atoms with Crippen LogP contribution in [0.25, 0.3) is 11.2 Å². The molecule has 1 saturated heterocycles. The monoisotopic (exact) mass is 226 g/mol. The number of hydrogen-bond acceptors (Lipinski definition) is 5. The van der Waals surface area contributed by atoms with Crippen molar-refractivity contribution in [2.45, 2.75) is 6.29 Å². The molecule has 2 aromatic heterocycles. The van der Waals surface area contributed by atoms with Gasteiger partial charge in [-0.2, -0.15) is 0 Å². The Morgan fingerprint density at radius 2 is 2.13 bits per heavy atom. The average Bonchev–Trinajstić information content (AvgIpc) is 2.88. The van der Waals surface area contributed by atoms with Crippen molar-refractivity contribution in [2.75, 3.05) is 13.2 Å². The van der Waals surface area contributed by atoms with E-state index in [4.69, 9.17) is 21.1 Å². The zero-order valence-electron chi connectivity index (χ0n) is 7.61. The summed E-state index contributed by atoms with van der Waals surface area (Å²) in [6.45, 7) is 1.09. The molecule has 1 aliphatic rings. The summed E-state index contributed by atoms with van der Waals surface area (Å²) in [5.74, 6) is 0.414. The van der Waals surface area contributed by atoms with Crippen molar-refractivity contribution in [3.8, 4) is 0 Å². The van der Waals surface area contributed by atoms with Gasteiger partial charge in [-0.15, -0.1) is 0 Å². The van der Waals surface area contributed by atoms with Gasteiger partial charge in [0.15, 0.2) is 16.6 Å². The predicted octanol–water partition coefficient (Wildman–Crippen LogP) is 1.05. The second-order valence-corrected chi connectivity index (χ2v) is 3.41. The Hall–Kier alpha value is -1.24. The van der Waals surface area contributed by atoms with Crippen LogP contribution in [0.2, 0.25) is 5.15 Å². The molecule has 6 nitrogen and oxygen atoms in total. The molecule has 0 atom stereocenters. The molecule has 0 amide bonds. The van der Waals surface area contributed by atoms with Crippen molar-refractivity contribution in [2.24, 2.45) is 0 Å². The molecule has 0 spiro atoms. The summed E-state index contributed by atoms with van der Waals surface area (Å²) >= 11 is 5.95. The van der Waals surface area contributed by atoms with Crippen LogP contribution in [-0.2, 0) is 9.47 Å². The number of aromatic nitrogens is 4. The Balaban J connectivity index is 2.11. The third-order valence-electron chi connectivity index (χ3n) is 2.09. The number of rotatable bonds is 1. The minimum Gasteiger partial charge on any atom is -0.343 e. The van der Waals surface area contributed by atoms with Gasteiger partial charge in [-0.1, -0.05) is 11.6 Å². The Morgan fingerprint density at radius 1 is 1.33 bits per heavy atom. The van der Waals surface area contributed by atoms with E-state index in [9.17, 15) is 0 Å². The minimum absolute atomic E-state index is 0.326. The van der Waals surface area contributed by atoms with E-state index in [0.29, 0.717) is 35.4 Å². The highest BCUT2D eigenvalue weighted by atomic mass is 35.5. The van der Waals surface area contributed by atoms with Crippen LogP contribution >= 0.6 is 11.6 Å². The highest BCUT2D eigenvalue weighted by molar-refractivity contribution is 6.33. The molecule has 0 bridgehead atoms. The number of imidazole rings is 1. The lowest BCUT2D eigenvalue weighted by atomic mass is 10.5. The molecule has 0 radical (unpaired) electrons. The first kappa shape index (κ1) is 9.02. The highest BCUT2D eigenvalue weighted by Gasteiger charge is 2.23. The molecule has 0 unspecified atom stereocenters. The summed E-state index contributed by atoms with van der Waals surface area (Å²) in [6.07, 6.45) is 0.995. The molecule has 0 saturated carbocycles. The Morgan fingerprint density at radius 3 is 2.93 bits per heavy atom. The summed E-state index contributed by atoms with van der Waals surface area (Å²) in [7, 11) is 0. The van der Waals surface area contributed by atoms with E-state index in [1.807, 2.05) is 0 Å². The van der Waals surface area contributed by atoms with Gasteiger partial charge in [0.1, 0.15) is 5.52 Å². The second-order valence-electron chi connectivity index (χ2n) is 3.05. The lowest BCUT2D eigenvalue weighted by Gasteiger charge is -2.06. The Kier molecular flexibility index (Phi) is 2.05. The van der Waals surface area contributed by atoms with E-state index >= 15 is 0 Å². The van der Waals surface area contributed by atoms with Crippen LogP contribution in [0.3, 0.4) is 0 Å². The molecule has 78 valence electrons. The topological polar surface area (TPSA) is 72.9 Å². The molecule has 2 aromatic rings. The van der Waals surface area contributed by atoms with Crippen LogP contribution in [0.4, 0.5) is 0 Å². The molecule has 1 aliphatic heterocycles. The zero-order chi connectivity index (χ0) is 10.3. The average molecular weight is 227 g/mol. The SMILES string of the molecule is Clc1nc(C2OCCO2)nc2nc[nH]c12. The molecule has 3 heterocycles. The quantitative estimate of drug-likeness (QED) is 0.736. The smallest absolute Gasteiger partial charge is 0.219 e. The van der Waals surface area contributed by atoms with Crippen molar-refractivity contribution in [3.63, 3.8) is 0 Å². The molecule has 1 N–H and O–H groups in total. The number of hydrogen-bond donors (Lipinski definition) is 1. The van der Waals surface area contributed by atoms with E-state index in [0.717, 1.165) is 0 Å². The van der Waals surface area contributed by atoms with Gasteiger partial charge in [-0.25, -0.2) is 15.0 Å². The van der Waals surface area contributed by atoms with Crippen molar-refractivity contribution in [1.29, 1.82) is 0 Å². The first-order valence-electron chi connectivity index (χ1n) is 4.44. The third kappa shape index (κ3) is 1.46. The van der Waals surface area contributed by atoms with Crippen LogP contribution in [0, 0.1) is 0 Å². The number of H-pyrrole nitrogens is 1. The molecule has 3 rings (SSSR count). The van der Waals surface area contributed by atoms with E-state index in [2.05, 4.69) is 19.9 Å². The van der Waals surface area contributed by atoms with Crippen LogP contribution in [0.1, 0.15) is 12.1 Å². The van der Waals surface area contributed by atoms with E-state index in [1.165, 1.54) is 6.33 Å². The fourth-order valence-corrected chi connectivity index (χ4v) is 1.65. The van der Waals surface area contributed by atoms with Crippen LogP contribution in [-0.4, -0.2) is 33.1 Å². The molecule has 0 aromatic carbocycles. The van der Waals surface area contributed by atoms with Crippen molar-refractivity contribution in [3.05, 3.63) is 17.3 Å². The van der Waals surface area contributed by atoms with Gasteiger partial charge < -0.3 is 14.5 Å². The molecular formula is C8H7ClN4O2. The summed E-state index contributed by atoms with van der Waals surface area (Å²) < 4.78 is 10.6. The van der Waals surface area contributed by atoms with Gasteiger partial charge in [0.25, 0.3) is 0 Å². The Bertz CT molecular complexity index is 494. The van der Waals surface area contributed by atoms with E-state index < -0.39 is 6.29 Å². The summed E-state index contributed by atoms with van der Waals surface area (Å²) in [6, 6.07) is 0. The Labute approximate surface area is 89.6 Å². The van der Waals surface area contributed by atoms with Crippen LogP contribution in [0.15, 0.2) is 6.33 Å². The fourth-order valence-electron chi connectivity index (χ4n) is 1.43. The number of nitrogens with one attached hydrogen (secondary N) is 1. The number of aromatic amines is 1. The number of halogens is 1. The number of ether oxygens (including phenoxy) is 2. The number of fused-ring (bicyclic) bond motifs is 1. The normalized spacial score (nSPS) is 17.7. The standard InChI is InChI=1S/C8H7ClN4O2/c9-5-4-6(11-3-10-4)13-7(12-5)8-14-1-2-15-8/h3,8H,1-2H2,(H,10,11,12,13). The highest BCUT2D eigenvalue weighted by Crippen LogP contribution is 2.24. The van der Waals surface area contributed by atoms with Gasteiger partial charge in [-0.3, -0.25) is 0 Å². The van der Waals surface area contributed by atoms with Gasteiger partial charge >= 0.3 is 0 Å². The van der Waals surface area contributed by atoms with Crippen LogP contribution < -0.4 is 0 Å². The van der Waals surface area contributed by atoms with Gasteiger partial charge in [-0.05, 0) is 0 Å². The fraction of sp³-hybridized carbons (Fsp3) is 0.375. The predicted molar refractivity (Wildman–Crippen MR) is 51.3 cm³/mol. The lowest BCUT2D eigenvalue weighted by Crippen LogP contribution is -2.05. The maximum absolute atomic E-state index is 5.95. The van der Waals surface area contributed by atoms with Crippen molar-refractivity contribution >= 4 is 22.8 Å². The second kappa shape index (κ2) is 3.41. The maximum atomic E-state index is 5.95. The van der Waals surface area contributed by atoms with Gasteiger partial charge in [0.2, 0.25) is 6.29 Å². The van der Waals surface area contributed by atoms with E-state index in [1.54, 1.807) is 0 Å². The molecule has 7 heteroatoms. The van der Waals surface area contributed by atoms with Crippen LogP contribution in [0.5, 0.6) is 0 Å². The van der Waals surface area contributed by atoms with Gasteiger partial charge in [0, 0.05) is 0 Å². The van der Waals surface area contributed by atoms with Crippen molar-refractivity contribution in [1.82, 2.24) is 19.9 Å². The number of nitrogens with zero attached hydrogens (tertiary/aromatic N) is 3. The zero-order valence-corrected chi connectivity index (χ0v) is 8.36. The van der Waals surface area contributed by atoms with Gasteiger partial charge in [0.05, 0.1) is 19.5 Å². The van der Waals surface area contributed by atoms with E-state index in [-0.39, 0.29) is 0 Å². The molecule has 0 aliphatic carbocycles. The minimum atomic E-state index is -0.524. The largest absolute Gasteiger partial charge is 0.343 e. The third-order valence-corrected chi connectivity index (χ3v) is 2.36. The lowest BCUT2D eigenvalue weighted by molar-refractivity contribution is -0.0504. The van der Waals surface area contributed by atoms with Crippen molar-refractivity contribution < 1.29 is 9.47 Å². The summed E-state index contributed by atoms with van der Waals surface area (Å²) in [4.78, 5) is 15.1.